The molecule has 3 nitrogen and oxygen atoms in total. The van der Waals surface area contributed by atoms with E-state index in [1.807, 2.05) is 12.1 Å². The molecule has 0 aliphatic heterocycles. The fraction of sp³-hybridized carbons (Fsp3) is 0.250. The van der Waals surface area contributed by atoms with Crippen LogP contribution in [0, 0.1) is 0 Å². The summed E-state index contributed by atoms with van der Waals surface area (Å²) in [5.74, 6) is 0. The normalized spacial score (nSPS) is 13.1. The van der Waals surface area contributed by atoms with Crippen LogP contribution in [-0.2, 0) is 17.6 Å². The van der Waals surface area contributed by atoms with Gasteiger partial charge in [-0.25, -0.2) is 4.79 Å². The molecule has 3 heteroatoms. The quantitative estimate of drug-likeness (QED) is 0.712. The molecule has 0 spiro atoms. The maximum atomic E-state index is 11.1. The number of benzene rings is 1. The van der Waals surface area contributed by atoms with Crippen LogP contribution in [-0.4, -0.2) is 13.2 Å². The third-order valence-corrected chi connectivity index (χ3v) is 2.52. The number of anilines is 1. The predicted octanol–water partition coefficient (Wildman–Crippen LogP) is 2.52. The van der Waals surface area contributed by atoms with E-state index in [0.717, 1.165) is 18.5 Å². The van der Waals surface area contributed by atoms with Crippen molar-refractivity contribution in [3.05, 3.63) is 41.5 Å². The predicted molar refractivity (Wildman–Crippen MR) is 59.0 cm³/mol. The molecule has 1 aromatic rings. The van der Waals surface area contributed by atoms with Gasteiger partial charge in [0, 0.05) is 5.69 Å². The van der Waals surface area contributed by atoms with Gasteiger partial charge in [0.05, 0.1) is 7.11 Å². The minimum absolute atomic E-state index is 0.419. The van der Waals surface area contributed by atoms with Gasteiger partial charge in [-0.1, -0.05) is 24.3 Å². The molecule has 78 valence electrons. The smallest absolute Gasteiger partial charge is 0.411 e. The topological polar surface area (TPSA) is 38.3 Å². The number of nitrogens with one attached hydrogen (secondary N) is 1. The van der Waals surface area contributed by atoms with Crippen molar-refractivity contribution in [2.75, 3.05) is 12.4 Å². The average molecular weight is 203 g/mol. The Morgan fingerprint density at radius 2 is 2.13 bits per heavy atom. The molecule has 0 unspecified atom stereocenters. The van der Waals surface area contributed by atoms with Crippen molar-refractivity contribution in [1.29, 1.82) is 0 Å². The Labute approximate surface area is 88.8 Å². The minimum Gasteiger partial charge on any atom is -0.453 e. The summed E-state index contributed by atoms with van der Waals surface area (Å²) >= 11 is 0. The summed E-state index contributed by atoms with van der Waals surface area (Å²) in [6, 6.07) is 5.93. The van der Waals surface area contributed by atoms with Crippen LogP contribution in [0.15, 0.2) is 30.4 Å². The van der Waals surface area contributed by atoms with Gasteiger partial charge in [0.2, 0.25) is 0 Å². The summed E-state index contributed by atoms with van der Waals surface area (Å²) in [7, 11) is 1.37. The number of amides is 1. The van der Waals surface area contributed by atoms with E-state index >= 15 is 0 Å². The number of methoxy groups -OCH3 is 1. The molecular formula is C12H13NO2. The van der Waals surface area contributed by atoms with Crippen LogP contribution in [0.5, 0.6) is 0 Å². The Kier molecular flexibility index (Phi) is 2.72. The SMILES string of the molecule is COC(=O)Nc1cccc2c1CC=CC2. The lowest BCUT2D eigenvalue weighted by molar-refractivity contribution is 0.187. The second-order valence-corrected chi connectivity index (χ2v) is 3.44. The fourth-order valence-corrected chi connectivity index (χ4v) is 1.76. The first-order valence-corrected chi connectivity index (χ1v) is 4.92. The molecule has 0 aromatic heterocycles. The van der Waals surface area contributed by atoms with Gasteiger partial charge in [-0.2, -0.15) is 0 Å². The summed E-state index contributed by atoms with van der Waals surface area (Å²) in [5, 5.41) is 2.72. The van der Waals surface area contributed by atoms with E-state index in [-0.39, 0.29) is 0 Å². The summed E-state index contributed by atoms with van der Waals surface area (Å²) in [6.45, 7) is 0. The second kappa shape index (κ2) is 4.17. The highest BCUT2D eigenvalue weighted by atomic mass is 16.5. The number of hydrogen-bond acceptors (Lipinski definition) is 2. The number of ether oxygens (including phenoxy) is 1. The van der Waals surface area contributed by atoms with Crippen LogP contribution in [0.3, 0.4) is 0 Å². The van der Waals surface area contributed by atoms with Gasteiger partial charge in [0.1, 0.15) is 0 Å². The van der Waals surface area contributed by atoms with Crippen molar-refractivity contribution in [3.63, 3.8) is 0 Å². The molecule has 1 aliphatic carbocycles. The third-order valence-electron chi connectivity index (χ3n) is 2.52. The average Bonchev–Trinajstić information content (AvgIpc) is 2.29. The van der Waals surface area contributed by atoms with Crippen molar-refractivity contribution in [2.24, 2.45) is 0 Å². The van der Waals surface area contributed by atoms with Crippen LogP contribution < -0.4 is 5.32 Å². The van der Waals surface area contributed by atoms with E-state index in [2.05, 4.69) is 28.3 Å². The first-order chi connectivity index (χ1) is 7.31. The summed E-state index contributed by atoms with van der Waals surface area (Å²) < 4.78 is 4.58. The molecule has 1 amide bonds. The van der Waals surface area contributed by atoms with Crippen LogP contribution in [0.2, 0.25) is 0 Å². The van der Waals surface area contributed by atoms with Crippen molar-refractivity contribution in [2.45, 2.75) is 12.8 Å². The lowest BCUT2D eigenvalue weighted by atomic mass is 9.95. The van der Waals surface area contributed by atoms with E-state index in [0.29, 0.717) is 0 Å². The molecule has 0 saturated heterocycles. The fourth-order valence-electron chi connectivity index (χ4n) is 1.76. The molecule has 0 fully saturated rings. The largest absolute Gasteiger partial charge is 0.453 e. The first-order valence-electron chi connectivity index (χ1n) is 4.92. The van der Waals surface area contributed by atoms with Crippen LogP contribution in [0.1, 0.15) is 11.1 Å². The monoisotopic (exact) mass is 203 g/mol. The highest BCUT2D eigenvalue weighted by Crippen LogP contribution is 2.24. The maximum absolute atomic E-state index is 11.1. The zero-order valence-electron chi connectivity index (χ0n) is 8.62. The van der Waals surface area contributed by atoms with Crippen LogP contribution >= 0.6 is 0 Å². The van der Waals surface area contributed by atoms with Gasteiger partial charge >= 0.3 is 6.09 Å². The molecule has 0 atom stereocenters. The third kappa shape index (κ3) is 2.01. The Bertz CT molecular complexity index is 410. The van der Waals surface area contributed by atoms with Crippen molar-refractivity contribution >= 4 is 11.8 Å². The Morgan fingerprint density at radius 3 is 2.93 bits per heavy atom. The van der Waals surface area contributed by atoms with Gasteiger partial charge in [-0.05, 0) is 30.0 Å². The number of rotatable bonds is 1. The lowest BCUT2D eigenvalue weighted by Gasteiger charge is -2.15. The highest BCUT2D eigenvalue weighted by molar-refractivity contribution is 5.86. The molecule has 0 saturated carbocycles. The van der Waals surface area contributed by atoms with Gasteiger partial charge in [0.25, 0.3) is 0 Å². The van der Waals surface area contributed by atoms with E-state index in [9.17, 15) is 4.79 Å². The second-order valence-electron chi connectivity index (χ2n) is 3.44. The number of hydrogen-bond donors (Lipinski definition) is 1. The molecule has 2 rings (SSSR count). The van der Waals surface area contributed by atoms with Crippen LogP contribution in [0.4, 0.5) is 10.5 Å². The Morgan fingerprint density at radius 1 is 1.33 bits per heavy atom. The maximum Gasteiger partial charge on any atom is 0.411 e. The lowest BCUT2D eigenvalue weighted by Crippen LogP contribution is -2.13. The molecular weight excluding hydrogens is 190 g/mol. The molecule has 15 heavy (non-hydrogen) atoms. The van der Waals surface area contributed by atoms with Crippen molar-refractivity contribution < 1.29 is 9.53 Å². The zero-order chi connectivity index (χ0) is 10.7. The molecule has 0 bridgehead atoms. The van der Waals surface area contributed by atoms with E-state index in [4.69, 9.17) is 0 Å². The standard InChI is InChI=1S/C12H13NO2/c1-15-12(14)13-11-8-4-6-9-5-2-3-7-10(9)11/h2-4,6,8H,5,7H2,1H3,(H,13,14). The molecule has 0 radical (unpaired) electrons. The van der Waals surface area contributed by atoms with Gasteiger partial charge in [0.15, 0.2) is 0 Å². The van der Waals surface area contributed by atoms with Gasteiger partial charge in [-0.15, -0.1) is 0 Å². The highest BCUT2D eigenvalue weighted by Gasteiger charge is 2.11. The zero-order valence-corrected chi connectivity index (χ0v) is 8.62. The van der Waals surface area contributed by atoms with E-state index in [1.54, 1.807) is 0 Å². The summed E-state index contributed by atoms with van der Waals surface area (Å²) in [5.41, 5.74) is 3.31. The van der Waals surface area contributed by atoms with Crippen molar-refractivity contribution in [3.8, 4) is 0 Å². The number of carbonyl (C=O) groups excluding carboxylic acids is 1. The van der Waals surface area contributed by atoms with E-state index < -0.39 is 6.09 Å². The molecule has 1 aliphatic rings. The first kappa shape index (κ1) is 9.77. The van der Waals surface area contributed by atoms with Crippen molar-refractivity contribution in [1.82, 2.24) is 0 Å². The number of fused-ring (bicyclic) bond motifs is 1. The van der Waals surface area contributed by atoms with Gasteiger partial charge < -0.3 is 4.74 Å². The summed E-state index contributed by atoms with van der Waals surface area (Å²) in [6.07, 6.45) is 5.65. The minimum atomic E-state index is -0.419. The summed E-state index contributed by atoms with van der Waals surface area (Å²) in [4.78, 5) is 11.1. The molecule has 1 N–H and O–H groups in total. The Balaban J connectivity index is 2.29. The molecule has 1 aromatic carbocycles. The molecule has 0 heterocycles. The number of carbonyl (C=O) groups is 1. The number of allylic oxidation sites excluding steroid dienone is 2. The van der Waals surface area contributed by atoms with Gasteiger partial charge in [-0.3, -0.25) is 5.32 Å². The van der Waals surface area contributed by atoms with E-state index in [1.165, 1.54) is 18.2 Å². The Hall–Kier alpha value is -1.77. The van der Waals surface area contributed by atoms with Crippen LogP contribution in [0.25, 0.3) is 0 Å².